The van der Waals surface area contributed by atoms with E-state index in [0.29, 0.717) is 28.5 Å². The molecular weight excluding hydrogens is 332 g/mol. The first-order valence-electron chi connectivity index (χ1n) is 8.10. The van der Waals surface area contributed by atoms with E-state index in [1.807, 2.05) is 19.1 Å². The normalized spacial score (nSPS) is 11.4. The topological polar surface area (TPSA) is 105 Å². The lowest BCUT2D eigenvalue weighted by molar-refractivity contribution is 0.102. The summed E-state index contributed by atoms with van der Waals surface area (Å²) >= 11 is 0. The zero-order valence-corrected chi connectivity index (χ0v) is 14.4. The van der Waals surface area contributed by atoms with Gasteiger partial charge in [-0.1, -0.05) is 13.0 Å². The summed E-state index contributed by atoms with van der Waals surface area (Å²) in [5.41, 5.74) is 1.58. The second kappa shape index (κ2) is 7.56. The van der Waals surface area contributed by atoms with E-state index in [9.17, 15) is 4.79 Å². The van der Waals surface area contributed by atoms with Crippen LogP contribution in [0.5, 0.6) is 5.75 Å². The molecule has 0 unspecified atom stereocenters. The Labute approximate surface area is 150 Å². The number of ether oxygens (including phenoxy) is 1. The van der Waals surface area contributed by atoms with Crippen LogP contribution in [0.15, 0.2) is 48.6 Å². The molecule has 1 amide bonds. The minimum absolute atomic E-state index is 0.295. The molecule has 26 heavy (non-hydrogen) atoms. The number of hydrogen-bond donors (Lipinski definition) is 2. The molecular formula is C18H18N6O2. The van der Waals surface area contributed by atoms with Crippen molar-refractivity contribution >= 4 is 23.6 Å². The molecule has 3 heterocycles. The van der Waals surface area contributed by atoms with E-state index in [4.69, 9.17) is 10.1 Å². The molecule has 0 atom stereocenters. The standard InChI is InChI=1S/C18H18N6O2/c1-3-12-6-5-7-16(21-12)22-18(25)15-8-14(26-13(4-2)9-19)10-24-11-20-23-17(15)24/h4-11,19H,3H2,1-2H3,(H,21,22,25)/b13-4+,19-9?. The number of aromatic nitrogens is 4. The van der Waals surface area contributed by atoms with E-state index in [0.717, 1.165) is 18.3 Å². The number of allylic oxidation sites excluding steroid dienone is 2. The van der Waals surface area contributed by atoms with Crippen LogP contribution in [-0.2, 0) is 6.42 Å². The number of pyridine rings is 2. The molecule has 3 rings (SSSR count). The molecule has 8 heteroatoms. The smallest absolute Gasteiger partial charge is 0.260 e. The number of hydrogen-bond acceptors (Lipinski definition) is 6. The number of nitrogens with zero attached hydrogens (tertiary/aromatic N) is 4. The Morgan fingerprint density at radius 1 is 1.42 bits per heavy atom. The molecule has 3 aromatic rings. The maximum Gasteiger partial charge on any atom is 0.260 e. The van der Waals surface area contributed by atoms with Crippen LogP contribution in [-0.4, -0.2) is 31.7 Å². The molecule has 0 spiro atoms. The minimum atomic E-state index is -0.369. The van der Waals surface area contributed by atoms with Crippen LogP contribution in [0, 0.1) is 5.41 Å². The van der Waals surface area contributed by atoms with Crippen molar-refractivity contribution in [3.8, 4) is 5.75 Å². The number of nitrogens with one attached hydrogen (secondary N) is 2. The number of aryl methyl sites for hydroxylation is 1. The highest BCUT2D eigenvalue weighted by molar-refractivity contribution is 6.08. The van der Waals surface area contributed by atoms with Crippen LogP contribution in [0.1, 0.15) is 29.9 Å². The molecule has 0 saturated carbocycles. The van der Waals surface area contributed by atoms with E-state index >= 15 is 0 Å². The van der Waals surface area contributed by atoms with Crippen molar-refractivity contribution in [2.45, 2.75) is 20.3 Å². The Bertz CT molecular complexity index is 992. The van der Waals surface area contributed by atoms with E-state index in [1.54, 1.807) is 35.7 Å². The highest BCUT2D eigenvalue weighted by atomic mass is 16.5. The van der Waals surface area contributed by atoms with Crippen LogP contribution >= 0.6 is 0 Å². The van der Waals surface area contributed by atoms with Crippen molar-refractivity contribution in [2.24, 2.45) is 0 Å². The van der Waals surface area contributed by atoms with Gasteiger partial charge in [-0.05, 0) is 37.6 Å². The maximum absolute atomic E-state index is 12.8. The Kier molecular flexibility index (Phi) is 5.02. The van der Waals surface area contributed by atoms with Crippen molar-refractivity contribution in [1.82, 2.24) is 19.6 Å². The third-order valence-corrected chi connectivity index (χ3v) is 3.68. The molecule has 0 bridgehead atoms. The molecule has 132 valence electrons. The van der Waals surface area contributed by atoms with Gasteiger partial charge >= 0.3 is 0 Å². The summed E-state index contributed by atoms with van der Waals surface area (Å²) in [5, 5.41) is 17.9. The average Bonchev–Trinajstić information content (AvgIpc) is 3.14. The van der Waals surface area contributed by atoms with Gasteiger partial charge in [0.25, 0.3) is 5.91 Å². The van der Waals surface area contributed by atoms with Crippen LogP contribution in [0.2, 0.25) is 0 Å². The summed E-state index contributed by atoms with van der Waals surface area (Å²) in [5.74, 6) is 0.855. The second-order valence-corrected chi connectivity index (χ2v) is 5.41. The first-order chi connectivity index (χ1) is 12.6. The third kappa shape index (κ3) is 3.59. The minimum Gasteiger partial charge on any atom is -0.455 e. The van der Waals surface area contributed by atoms with Gasteiger partial charge < -0.3 is 15.5 Å². The van der Waals surface area contributed by atoms with Crippen LogP contribution < -0.4 is 10.1 Å². The summed E-state index contributed by atoms with van der Waals surface area (Å²) in [4.78, 5) is 17.1. The van der Waals surface area contributed by atoms with Crippen LogP contribution in [0.3, 0.4) is 0 Å². The number of amides is 1. The Balaban J connectivity index is 1.95. The van der Waals surface area contributed by atoms with Gasteiger partial charge in [-0.25, -0.2) is 4.98 Å². The van der Waals surface area contributed by atoms with E-state index in [1.165, 1.54) is 6.33 Å². The lowest BCUT2D eigenvalue weighted by Crippen LogP contribution is -2.15. The Morgan fingerprint density at radius 2 is 2.27 bits per heavy atom. The van der Waals surface area contributed by atoms with Crippen molar-refractivity contribution in [3.05, 3.63) is 59.9 Å². The molecule has 0 radical (unpaired) electrons. The molecule has 0 aliphatic rings. The molecule has 0 aliphatic heterocycles. The molecule has 0 aromatic carbocycles. The van der Waals surface area contributed by atoms with E-state index in [2.05, 4.69) is 20.5 Å². The summed E-state index contributed by atoms with van der Waals surface area (Å²) in [7, 11) is 0. The summed E-state index contributed by atoms with van der Waals surface area (Å²) in [6.07, 6.45) is 6.65. The predicted octanol–water partition coefficient (Wildman–Crippen LogP) is 2.87. The maximum atomic E-state index is 12.8. The predicted molar refractivity (Wildman–Crippen MR) is 97.7 cm³/mol. The van der Waals surface area contributed by atoms with Gasteiger partial charge in [-0.3, -0.25) is 9.20 Å². The quantitative estimate of drug-likeness (QED) is 0.525. The molecule has 3 aromatic heterocycles. The van der Waals surface area contributed by atoms with Crippen molar-refractivity contribution in [2.75, 3.05) is 5.32 Å². The summed E-state index contributed by atoms with van der Waals surface area (Å²) < 4.78 is 7.21. The Hall–Kier alpha value is -3.55. The van der Waals surface area contributed by atoms with Crippen molar-refractivity contribution < 1.29 is 9.53 Å². The fourth-order valence-corrected chi connectivity index (χ4v) is 2.37. The first-order valence-corrected chi connectivity index (χ1v) is 8.10. The largest absolute Gasteiger partial charge is 0.455 e. The van der Waals surface area contributed by atoms with E-state index < -0.39 is 0 Å². The Morgan fingerprint density at radius 3 is 3.00 bits per heavy atom. The first kappa shape index (κ1) is 17.3. The van der Waals surface area contributed by atoms with Gasteiger partial charge in [0.05, 0.1) is 18.0 Å². The number of carbonyl (C=O) groups excluding carboxylic acids is 1. The number of anilines is 1. The fourth-order valence-electron chi connectivity index (χ4n) is 2.37. The van der Waals surface area contributed by atoms with Gasteiger partial charge in [0.2, 0.25) is 0 Å². The third-order valence-electron chi connectivity index (χ3n) is 3.68. The average molecular weight is 350 g/mol. The lowest BCUT2D eigenvalue weighted by atomic mass is 10.2. The zero-order valence-electron chi connectivity index (χ0n) is 14.4. The van der Waals surface area contributed by atoms with Gasteiger partial charge in [0.1, 0.15) is 23.7 Å². The number of fused-ring (bicyclic) bond motifs is 1. The lowest BCUT2D eigenvalue weighted by Gasteiger charge is -2.10. The monoisotopic (exact) mass is 350 g/mol. The van der Waals surface area contributed by atoms with Crippen LogP contribution in [0.4, 0.5) is 5.82 Å². The van der Waals surface area contributed by atoms with Gasteiger partial charge in [-0.2, -0.15) is 0 Å². The fraction of sp³-hybridized carbons (Fsp3) is 0.167. The molecule has 0 saturated heterocycles. The van der Waals surface area contributed by atoms with Crippen LogP contribution in [0.25, 0.3) is 5.65 Å². The molecule has 0 fully saturated rings. The van der Waals surface area contributed by atoms with Crippen molar-refractivity contribution in [3.63, 3.8) is 0 Å². The molecule has 8 nitrogen and oxygen atoms in total. The second-order valence-electron chi connectivity index (χ2n) is 5.41. The summed E-state index contributed by atoms with van der Waals surface area (Å²) in [6.45, 7) is 3.76. The number of rotatable bonds is 6. The number of carbonyl (C=O) groups is 1. The van der Waals surface area contributed by atoms with E-state index in [-0.39, 0.29) is 5.91 Å². The van der Waals surface area contributed by atoms with Gasteiger partial charge in [0, 0.05) is 5.69 Å². The highest BCUT2D eigenvalue weighted by Gasteiger charge is 2.16. The van der Waals surface area contributed by atoms with Gasteiger partial charge in [-0.15, -0.1) is 10.2 Å². The van der Waals surface area contributed by atoms with Gasteiger partial charge in [0.15, 0.2) is 5.65 Å². The molecule has 0 aliphatic carbocycles. The highest BCUT2D eigenvalue weighted by Crippen LogP contribution is 2.20. The zero-order chi connectivity index (χ0) is 18.5. The summed E-state index contributed by atoms with van der Waals surface area (Å²) in [6, 6.07) is 7.04. The SMILES string of the molecule is C/C=C(\C=N)Oc1cc(C(=O)Nc2cccc(CC)n2)c2nncn2c1. The van der Waals surface area contributed by atoms with Crippen molar-refractivity contribution in [1.29, 1.82) is 5.41 Å². The molecule has 2 N–H and O–H groups in total.